The second-order valence-electron chi connectivity index (χ2n) is 10.2. The minimum absolute atomic E-state index is 0.0296. The van der Waals surface area contributed by atoms with E-state index in [-0.39, 0.29) is 52.2 Å². The molecule has 0 aliphatic carbocycles. The molecule has 0 bridgehead atoms. The van der Waals surface area contributed by atoms with Gasteiger partial charge in [0.05, 0.1) is 33.6 Å². The highest BCUT2D eigenvalue weighted by Crippen LogP contribution is 2.40. The molecule has 3 N–H and O–H groups in total. The molecule has 1 amide bonds. The van der Waals surface area contributed by atoms with Crippen LogP contribution in [0.5, 0.6) is 0 Å². The summed E-state index contributed by atoms with van der Waals surface area (Å²) < 4.78 is 22.5. The number of carboxylic acid groups (broad SMARTS) is 1. The summed E-state index contributed by atoms with van der Waals surface area (Å²) in [6.07, 6.45) is 3.03. The number of nitrogens with one attached hydrogen (secondary N) is 2. The highest BCUT2D eigenvalue weighted by atomic mass is 19.1. The number of carbonyl (C=O) groups is 2. The minimum Gasteiger partial charge on any atom is -0.477 e. The van der Waals surface area contributed by atoms with Gasteiger partial charge < -0.3 is 29.3 Å². The van der Waals surface area contributed by atoms with Gasteiger partial charge in [0.1, 0.15) is 22.9 Å². The molecule has 10 nitrogen and oxygen atoms in total. The molecule has 0 unspecified atom stereocenters. The number of anilines is 1. The first-order chi connectivity index (χ1) is 20.2. The van der Waals surface area contributed by atoms with Gasteiger partial charge in [-0.15, -0.1) is 0 Å². The Kier molecular flexibility index (Phi) is 6.79. The number of furan rings is 1. The summed E-state index contributed by atoms with van der Waals surface area (Å²) in [5.74, 6) is -1.81. The molecule has 0 radical (unpaired) electrons. The van der Waals surface area contributed by atoms with Crippen LogP contribution in [0.25, 0.3) is 43.9 Å². The first kappa shape index (κ1) is 26.9. The Bertz CT molecular complexity index is 2070. The molecule has 0 saturated carbocycles. The number of aromatic amines is 1. The van der Waals surface area contributed by atoms with Gasteiger partial charge in [0.2, 0.25) is 5.91 Å². The van der Waals surface area contributed by atoms with E-state index in [1.807, 2.05) is 37.2 Å². The maximum atomic E-state index is 15.3. The van der Waals surface area contributed by atoms with Crippen molar-refractivity contribution < 1.29 is 23.5 Å². The first-order valence-electron chi connectivity index (χ1n) is 13.2. The van der Waals surface area contributed by atoms with Crippen molar-refractivity contribution in [2.75, 3.05) is 26.0 Å². The lowest BCUT2D eigenvalue weighted by molar-refractivity contribution is -0.116. The fraction of sp³-hybridized carbons (Fsp3) is 0.161. The lowest BCUT2D eigenvalue weighted by Gasteiger charge is -2.14. The molecule has 42 heavy (non-hydrogen) atoms. The van der Waals surface area contributed by atoms with E-state index in [9.17, 15) is 19.5 Å². The monoisotopic (exact) mass is 567 g/mol. The molecule has 212 valence electrons. The van der Waals surface area contributed by atoms with Gasteiger partial charge >= 0.3 is 5.97 Å². The number of pyridine rings is 2. The number of fused-ring (bicyclic) bond motifs is 4. The van der Waals surface area contributed by atoms with Crippen LogP contribution in [0.4, 0.5) is 10.2 Å². The van der Waals surface area contributed by atoms with E-state index in [1.54, 1.807) is 18.2 Å². The highest BCUT2D eigenvalue weighted by molar-refractivity contribution is 6.17. The van der Waals surface area contributed by atoms with Crippen LogP contribution >= 0.6 is 0 Å². The van der Waals surface area contributed by atoms with Crippen LogP contribution in [0.2, 0.25) is 0 Å². The summed E-state index contributed by atoms with van der Waals surface area (Å²) >= 11 is 0. The van der Waals surface area contributed by atoms with Gasteiger partial charge in [0.25, 0.3) is 5.56 Å². The van der Waals surface area contributed by atoms with Gasteiger partial charge in [-0.1, -0.05) is 18.2 Å². The average Bonchev–Trinajstić information content (AvgIpc) is 3.56. The third-order valence-corrected chi connectivity index (χ3v) is 7.19. The van der Waals surface area contributed by atoms with Crippen molar-refractivity contribution in [3.05, 3.63) is 94.5 Å². The van der Waals surface area contributed by atoms with Crippen molar-refractivity contribution in [2.24, 2.45) is 0 Å². The van der Waals surface area contributed by atoms with E-state index >= 15 is 4.39 Å². The first-order valence-corrected chi connectivity index (χ1v) is 13.2. The number of hydrogen-bond donors (Lipinski definition) is 3. The predicted octanol–water partition coefficient (Wildman–Crippen LogP) is 5.07. The number of aromatic carboxylic acids is 1. The summed E-state index contributed by atoms with van der Waals surface area (Å²) in [4.78, 5) is 47.6. The Balaban J connectivity index is 1.60. The van der Waals surface area contributed by atoms with Crippen LogP contribution in [-0.4, -0.2) is 57.1 Å². The molecule has 0 spiro atoms. The molecule has 2 aromatic carbocycles. The van der Waals surface area contributed by atoms with E-state index in [0.717, 1.165) is 5.39 Å². The van der Waals surface area contributed by atoms with Crippen LogP contribution in [-0.2, 0) is 11.3 Å². The van der Waals surface area contributed by atoms with Crippen molar-refractivity contribution in [3.63, 3.8) is 0 Å². The number of carbonyl (C=O) groups excluding carboxylic acids is 1. The molecule has 0 aliphatic rings. The number of amides is 1. The number of carboxylic acids is 1. The number of para-hydroxylation sites is 1. The Morgan fingerprint density at radius 1 is 1.12 bits per heavy atom. The summed E-state index contributed by atoms with van der Waals surface area (Å²) in [5, 5.41) is 14.6. The summed E-state index contributed by atoms with van der Waals surface area (Å²) in [5.41, 5.74) is 1.12. The summed E-state index contributed by atoms with van der Waals surface area (Å²) in [6, 6.07) is 14.8. The quantitative estimate of drug-likeness (QED) is 0.234. The molecular formula is C31H26FN5O5. The van der Waals surface area contributed by atoms with Gasteiger partial charge in [-0.25, -0.2) is 14.2 Å². The van der Waals surface area contributed by atoms with Crippen molar-refractivity contribution in [2.45, 2.75) is 13.0 Å². The lowest BCUT2D eigenvalue weighted by Crippen LogP contribution is -2.21. The standard InChI is InChI=1S/C31H26FN5O5/c1-36(2)12-9-25(38)35-24-14-17(18-6-3-4-8-22(18)34-24)16-37-23-15-21(32)19-10-13-42-29(19)27(23)26(28(37)31(40)41)20-7-5-11-33-30(20)39/h3-8,10-11,13-15H,9,12,16H2,1-2H3,(H,33,39)(H,40,41)(H,34,35,38). The number of hydrogen-bond acceptors (Lipinski definition) is 6. The summed E-state index contributed by atoms with van der Waals surface area (Å²) in [6.45, 7) is 0.524. The predicted molar refractivity (Wildman–Crippen MR) is 157 cm³/mol. The zero-order valence-corrected chi connectivity index (χ0v) is 22.8. The zero-order valence-electron chi connectivity index (χ0n) is 22.8. The fourth-order valence-corrected chi connectivity index (χ4v) is 5.32. The third kappa shape index (κ3) is 4.69. The molecule has 4 aromatic heterocycles. The normalized spacial score (nSPS) is 11.6. The Morgan fingerprint density at radius 2 is 1.93 bits per heavy atom. The molecule has 0 fully saturated rings. The van der Waals surface area contributed by atoms with Crippen LogP contribution in [0.3, 0.4) is 0 Å². The number of H-pyrrole nitrogens is 1. The molecule has 0 saturated heterocycles. The van der Waals surface area contributed by atoms with Crippen LogP contribution in [0.1, 0.15) is 22.5 Å². The Hall–Kier alpha value is -5.29. The molecule has 0 atom stereocenters. The van der Waals surface area contributed by atoms with Crippen LogP contribution in [0, 0.1) is 5.82 Å². The smallest absolute Gasteiger partial charge is 0.353 e. The number of rotatable bonds is 8. The van der Waals surface area contributed by atoms with Gasteiger partial charge in [0.15, 0.2) is 0 Å². The van der Waals surface area contributed by atoms with Gasteiger partial charge in [0, 0.05) is 36.7 Å². The molecule has 6 rings (SSSR count). The number of aromatic nitrogens is 3. The minimum atomic E-state index is -1.31. The van der Waals surface area contributed by atoms with Gasteiger partial charge in [-0.2, -0.15) is 0 Å². The molecule has 0 aliphatic heterocycles. The SMILES string of the molecule is CN(C)CCC(=O)Nc1cc(Cn2c(C(=O)O)c(-c3ccc[nH]c3=O)c3c4occc4c(F)cc32)c2ccccc2n1. The van der Waals surface area contributed by atoms with Crippen molar-refractivity contribution >= 4 is 50.5 Å². The number of nitrogens with zero attached hydrogens (tertiary/aromatic N) is 3. The average molecular weight is 568 g/mol. The van der Waals surface area contributed by atoms with E-state index in [2.05, 4.69) is 15.3 Å². The third-order valence-electron chi connectivity index (χ3n) is 7.19. The molecule has 6 aromatic rings. The Labute approximate surface area is 238 Å². The fourth-order valence-electron chi connectivity index (χ4n) is 5.32. The van der Waals surface area contributed by atoms with Crippen molar-refractivity contribution in [1.29, 1.82) is 0 Å². The second kappa shape index (κ2) is 10.6. The van der Waals surface area contributed by atoms with E-state index in [4.69, 9.17) is 4.42 Å². The van der Waals surface area contributed by atoms with E-state index < -0.39 is 17.3 Å². The van der Waals surface area contributed by atoms with E-state index in [1.165, 1.54) is 35.2 Å². The van der Waals surface area contributed by atoms with Crippen LogP contribution in [0.15, 0.2) is 76.3 Å². The maximum absolute atomic E-state index is 15.3. The van der Waals surface area contributed by atoms with Crippen molar-refractivity contribution in [1.82, 2.24) is 19.4 Å². The van der Waals surface area contributed by atoms with Crippen LogP contribution < -0.4 is 10.9 Å². The lowest BCUT2D eigenvalue weighted by atomic mass is 10.0. The second-order valence-corrected chi connectivity index (χ2v) is 10.2. The Morgan fingerprint density at radius 3 is 2.69 bits per heavy atom. The molecular weight excluding hydrogens is 541 g/mol. The molecule has 11 heteroatoms. The number of halogens is 1. The maximum Gasteiger partial charge on any atom is 0.353 e. The van der Waals surface area contributed by atoms with Crippen molar-refractivity contribution in [3.8, 4) is 11.1 Å². The largest absolute Gasteiger partial charge is 0.477 e. The topological polar surface area (TPSA) is 133 Å². The highest BCUT2D eigenvalue weighted by Gasteiger charge is 2.29. The zero-order chi connectivity index (χ0) is 29.5. The van der Waals surface area contributed by atoms with Gasteiger partial charge in [-0.3, -0.25) is 9.59 Å². The van der Waals surface area contributed by atoms with Gasteiger partial charge in [-0.05, 0) is 56.1 Å². The van der Waals surface area contributed by atoms with E-state index in [0.29, 0.717) is 28.8 Å². The number of benzene rings is 2. The summed E-state index contributed by atoms with van der Waals surface area (Å²) in [7, 11) is 3.75. The molecule has 4 heterocycles.